The monoisotopic (exact) mass is 284 g/mol. The molecule has 1 aromatic heterocycles. The van der Waals surface area contributed by atoms with E-state index in [1.165, 1.54) is 10.5 Å². The van der Waals surface area contributed by atoms with Crippen LogP contribution in [-0.2, 0) is 10.2 Å². The first-order valence-corrected chi connectivity index (χ1v) is 7.38. The Bertz CT molecular complexity index is 562. The van der Waals surface area contributed by atoms with Crippen molar-refractivity contribution in [1.82, 2.24) is 14.2 Å². The summed E-state index contributed by atoms with van der Waals surface area (Å²) < 4.78 is 23.5. The first kappa shape index (κ1) is 13.9. The summed E-state index contributed by atoms with van der Waals surface area (Å²) in [5.74, 6) is -0.137. The van der Waals surface area contributed by atoms with Gasteiger partial charge in [0, 0.05) is 38.1 Å². The second kappa shape index (κ2) is 5.24. The molecule has 0 spiro atoms. The molecule has 1 aliphatic heterocycles. The Hall–Kier alpha value is -1.51. The Morgan fingerprint density at radius 1 is 1.26 bits per heavy atom. The molecular formula is C11H16N4O3S. The second-order valence-electron chi connectivity index (χ2n) is 4.42. The Morgan fingerprint density at radius 2 is 1.89 bits per heavy atom. The summed E-state index contributed by atoms with van der Waals surface area (Å²) in [6.45, 7) is 2.97. The van der Waals surface area contributed by atoms with Gasteiger partial charge < -0.3 is 4.90 Å². The maximum absolute atomic E-state index is 12.2. The quantitative estimate of drug-likeness (QED) is 0.780. The molecule has 2 rings (SSSR count). The summed E-state index contributed by atoms with van der Waals surface area (Å²) >= 11 is 0. The number of piperazine rings is 1. The van der Waals surface area contributed by atoms with Crippen LogP contribution in [0.5, 0.6) is 0 Å². The van der Waals surface area contributed by atoms with Gasteiger partial charge in [-0.1, -0.05) is 0 Å². The number of amides is 1. The number of carbonyl (C=O) groups is 1. The molecule has 7 nitrogen and oxygen atoms in total. The Kier molecular flexibility index (Phi) is 3.83. The SMILES string of the molecule is Cc1ccc(C(=O)N2CCN(S(N)(=O)=O)CC2)cn1. The number of nitrogens with zero attached hydrogens (tertiary/aromatic N) is 3. The zero-order valence-electron chi connectivity index (χ0n) is 10.6. The van der Waals surface area contributed by atoms with Crippen molar-refractivity contribution in [2.24, 2.45) is 5.14 Å². The maximum Gasteiger partial charge on any atom is 0.277 e. The summed E-state index contributed by atoms with van der Waals surface area (Å²) in [5.41, 5.74) is 1.35. The molecule has 104 valence electrons. The van der Waals surface area contributed by atoms with E-state index in [0.29, 0.717) is 18.7 Å². The van der Waals surface area contributed by atoms with E-state index in [4.69, 9.17) is 5.14 Å². The summed E-state index contributed by atoms with van der Waals surface area (Å²) in [6, 6.07) is 3.49. The summed E-state index contributed by atoms with van der Waals surface area (Å²) in [4.78, 5) is 17.8. The average molecular weight is 284 g/mol. The molecule has 0 unspecified atom stereocenters. The molecule has 0 aliphatic carbocycles. The van der Waals surface area contributed by atoms with Gasteiger partial charge in [-0.3, -0.25) is 9.78 Å². The standard InChI is InChI=1S/C11H16N4O3S/c1-9-2-3-10(8-13-9)11(16)14-4-6-15(7-5-14)19(12,17)18/h2-3,8H,4-7H2,1H3,(H2,12,17,18). The average Bonchev–Trinajstić information content (AvgIpc) is 2.38. The van der Waals surface area contributed by atoms with Gasteiger partial charge in [0.2, 0.25) is 0 Å². The molecule has 0 bridgehead atoms. The van der Waals surface area contributed by atoms with Gasteiger partial charge in [0.1, 0.15) is 0 Å². The molecule has 0 atom stereocenters. The lowest BCUT2D eigenvalue weighted by Gasteiger charge is -2.32. The molecule has 1 aliphatic rings. The van der Waals surface area contributed by atoms with Crippen molar-refractivity contribution >= 4 is 16.1 Å². The van der Waals surface area contributed by atoms with Crippen LogP contribution in [0.1, 0.15) is 16.1 Å². The molecule has 2 heterocycles. The summed E-state index contributed by atoms with van der Waals surface area (Å²) in [7, 11) is -3.66. The largest absolute Gasteiger partial charge is 0.336 e. The smallest absolute Gasteiger partial charge is 0.277 e. The Morgan fingerprint density at radius 3 is 2.37 bits per heavy atom. The van der Waals surface area contributed by atoms with Crippen molar-refractivity contribution in [2.75, 3.05) is 26.2 Å². The van der Waals surface area contributed by atoms with Gasteiger partial charge in [0.15, 0.2) is 0 Å². The molecule has 8 heteroatoms. The van der Waals surface area contributed by atoms with Crippen molar-refractivity contribution < 1.29 is 13.2 Å². The van der Waals surface area contributed by atoms with Gasteiger partial charge in [-0.05, 0) is 19.1 Å². The van der Waals surface area contributed by atoms with Crippen LogP contribution in [-0.4, -0.2) is 54.7 Å². The molecule has 1 fully saturated rings. The van der Waals surface area contributed by atoms with E-state index in [1.807, 2.05) is 6.92 Å². The number of pyridine rings is 1. The van der Waals surface area contributed by atoms with Crippen LogP contribution in [0.2, 0.25) is 0 Å². The maximum atomic E-state index is 12.2. The Balaban J connectivity index is 2.02. The van der Waals surface area contributed by atoms with E-state index < -0.39 is 10.2 Å². The number of carbonyl (C=O) groups excluding carboxylic acids is 1. The van der Waals surface area contributed by atoms with Gasteiger partial charge in [0.25, 0.3) is 16.1 Å². The van der Waals surface area contributed by atoms with Crippen LogP contribution in [0.4, 0.5) is 0 Å². The van der Waals surface area contributed by atoms with Crippen molar-refractivity contribution in [2.45, 2.75) is 6.92 Å². The number of hydrogen-bond donors (Lipinski definition) is 1. The third-order valence-corrected chi connectivity index (χ3v) is 4.13. The fourth-order valence-electron chi connectivity index (χ4n) is 1.92. The fourth-order valence-corrected chi connectivity index (χ4v) is 2.59. The zero-order chi connectivity index (χ0) is 14.0. The van der Waals surface area contributed by atoms with E-state index in [0.717, 1.165) is 5.69 Å². The third kappa shape index (κ3) is 3.28. The van der Waals surface area contributed by atoms with Crippen LogP contribution in [0.3, 0.4) is 0 Å². The number of aromatic nitrogens is 1. The van der Waals surface area contributed by atoms with Crippen molar-refractivity contribution in [1.29, 1.82) is 0 Å². The second-order valence-corrected chi connectivity index (χ2v) is 5.97. The lowest BCUT2D eigenvalue weighted by Crippen LogP contribution is -2.52. The highest BCUT2D eigenvalue weighted by atomic mass is 32.2. The van der Waals surface area contributed by atoms with Crippen molar-refractivity contribution in [3.8, 4) is 0 Å². The summed E-state index contributed by atoms with van der Waals surface area (Å²) in [5, 5.41) is 5.04. The normalized spacial score (nSPS) is 17.5. The van der Waals surface area contributed by atoms with Crippen LogP contribution in [0, 0.1) is 6.92 Å². The van der Waals surface area contributed by atoms with Crippen molar-refractivity contribution in [3.05, 3.63) is 29.6 Å². The number of aryl methyl sites for hydroxylation is 1. The van der Waals surface area contributed by atoms with Gasteiger partial charge in [-0.2, -0.15) is 12.7 Å². The molecule has 0 radical (unpaired) electrons. The number of rotatable bonds is 2. The first-order valence-electron chi connectivity index (χ1n) is 5.88. The highest BCUT2D eigenvalue weighted by Crippen LogP contribution is 2.09. The van der Waals surface area contributed by atoms with Crippen LogP contribution >= 0.6 is 0 Å². The minimum Gasteiger partial charge on any atom is -0.336 e. The fraction of sp³-hybridized carbons (Fsp3) is 0.455. The number of nitrogens with two attached hydrogens (primary N) is 1. The van der Waals surface area contributed by atoms with Gasteiger partial charge in [-0.15, -0.1) is 0 Å². The van der Waals surface area contributed by atoms with E-state index in [1.54, 1.807) is 17.0 Å². The van der Waals surface area contributed by atoms with Gasteiger partial charge >= 0.3 is 0 Å². The third-order valence-electron chi connectivity index (χ3n) is 3.04. The Labute approximate surface area is 112 Å². The highest BCUT2D eigenvalue weighted by Gasteiger charge is 2.26. The van der Waals surface area contributed by atoms with Gasteiger partial charge in [-0.25, -0.2) is 5.14 Å². The minimum absolute atomic E-state index is 0.137. The predicted octanol–water partition coefficient (Wildman–Crippen LogP) is -0.649. The van der Waals surface area contributed by atoms with Crippen molar-refractivity contribution in [3.63, 3.8) is 0 Å². The number of hydrogen-bond acceptors (Lipinski definition) is 4. The minimum atomic E-state index is -3.66. The molecular weight excluding hydrogens is 268 g/mol. The highest BCUT2D eigenvalue weighted by molar-refractivity contribution is 7.86. The molecule has 1 amide bonds. The van der Waals surface area contributed by atoms with Crippen LogP contribution in [0.15, 0.2) is 18.3 Å². The molecule has 0 aromatic carbocycles. The molecule has 1 aromatic rings. The van der Waals surface area contributed by atoms with Crippen LogP contribution in [0.25, 0.3) is 0 Å². The topological polar surface area (TPSA) is 96.6 Å². The predicted molar refractivity (Wildman–Crippen MR) is 69.6 cm³/mol. The first-order chi connectivity index (χ1) is 8.88. The zero-order valence-corrected chi connectivity index (χ0v) is 11.4. The van der Waals surface area contributed by atoms with E-state index in [-0.39, 0.29) is 19.0 Å². The van der Waals surface area contributed by atoms with E-state index >= 15 is 0 Å². The van der Waals surface area contributed by atoms with E-state index in [9.17, 15) is 13.2 Å². The van der Waals surface area contributed by atoms with Crippen LogP contribution < -0.4 is 5.14 Å². The lowest BCUT2D eigenvalue weighted by atomic mass is 10.2. The molecule has 2 N–H and O–H groups in total. The summed E-state index contributed by atoms with van der Waals surface area (Å²) in [6.07, 6.45) is 1.53. The molecule has 19 heavy (non-hydrogen) atoms. The lowest BCUT2D eigenvalue weighted by molar-refractivity contribution is 0.0697. The van der Waals surface area contributed by atoms with Gasteiger partial charge in [0.05, 0.1) is 5.56 Å². The molecule has 1 saturated heterocycles. The van der Waals surface area contributed by atoms with E-state index in [2.05, 4.69) is 4.98 Å². The molecule has 0 saturated carbocycles.